The van der Waals surface area contributed by atoms with Gasteiger partial charge in [0.1, 0.15) is 0 Å². The highest BCUT2D eigenvalue weighted by molar-refractivity contribution is 5.34. The van der Waals surface area contributed by atoms with Crippen LogP contribution in [0.15, 0.2) is 18.2 Å². The first-order valence-corrected chi connectivity index (χ1v) is 4.79. The van der Waals surface area contributed by atoms with Crippen LogP contribution in [0.4, 0.5) is 4.39 Å². The van der Waals surface area contributed by atoms with E-state index < -0.39 is 0 Å². The van der Waals surface area contributed by atoms with Crippen LogP contribution >= 0.6 is 0 Å². The topological polar surface area (TPSA) is 35.2 Å². The molecule has 0 amide bonds. The van der Waals surface area contributed by atoms with Crippen molar-refractivity contribution < 1.29 is 9.13 Å². The summed E-state index contributed by atoms with van der Waals surface area (Å²) in [4.78, 5) is 0. The minimum atomic E-state index is -0.332. The summed E-state index contributed by atoms with van der Waals surface area (Å²) in [6.07, 6.45) is 3.02. The number of ether oxygens (including phenoxy) is 1. The lowest BCUT2D eigenvalue weighted by molar-refractivity contribution is 0.252. The molecule has 0 bridgehead atoms. The molecule has 0 unspecified atom stereocenters. The third kappa shape index (κ3) is 1.38. The second-order valence-corrected chi connectivity index (χ2v) is 3.86. The van der Waals surface area contributed by atoms with Gasteiger partial charge in [0.15, 0.2) is 11.6 Å². The average Bonchev–Trinajstić information content (AvgIpc) is 2.14. The molecule has 1 aromatic carbocycles. The summed E-state index contributed by atoms with van der Waals surface area (Å²) in [7, 11) is 1.46. The van der Waals surface area contributed by atoms with Crippen LogP contribution in [0.2, 0.25) is 0 Å². The molecule has 1 aromatic rings. The SMILES string of the molecule is COc1ccc(C2(N)CCC2)cc1F. The van der Waals surface area contributed by atoms with Crippen LogP contribution in [-0.4, -0.2) is 7.11 Å². The van der Waals surface area contributed by atoms with Crippen molar-refractivity contribution >= 4 is 0 Å². The monoisotopic (exact) mass is 195 g/mol. The highest BCUT2D eigenvalue weighted by Gasteiger charge is 2.34. The lowest BCUT2D eigenvalue weighted by Crippen LogP contribution is -2.43. The molecule has 0 atom stereocenters. The molecule has 0 radical (unpaired) electrons. The van der Waals surface area contributed by atoms with Crippen molar-refractivity contribution in [2.24, 2.45) is 5.73 Å². The molecular formula is C11H14FNO. The number of halogens is 1. The van der Waals surface area contributed by atoms with Crippen LogP contribution in [0.5, 0.6) is 5.75 Å². The maximum absolute atomic E-state index is 13.4. The fourth-order valence-corrected chi connectivity index (χ4v) is 1.82. The first-order valence-electron chi connectivity index (χ1n) is 4.79. The first-order chi connectivity index (χ1) is 6.65. The van der Waals surface area contributed by atoms with Gasteiger partial charge < -0.3 is 10.5 Å². The van der Waals surface area contributed by atoms with Crippen LogP contribution < -0.4 is 10.5 Å². The molecule has 1 aliphatic rings. The van der Waals surface area contributed by atoms with E-state index in [1.807, 2.05) is 6.07 Å². The standard InChI is InChI=1S/C11H14FNO/c1-14-10-4-3-8(7-9(10)12)11(13)5-2-6-11/h3-4,7H,2,5-6,13H2,1H3. The summed E-state index contributed by atoms with van der Waals surface area (Å²) in [5.74, 6) is -0.0570. The Morgan fingerprint density at radius 2 is 2.14 bits per heavy atom. The van der Waals surface area contributed by atoms with E-state index in [0.717, 1.165) is 24.8 Å². The average molecular weight is 195 g/mol. The summed E-state index contributed by atoms with van der Waals surface area (Å²) >= 11 is 0. The predicted octanol–water partition coefficient (Wildman–Crippen LogP) is 2.17. The summed E-state index contributed by atoms with van der Waals surface area (Å²) in [5.41, 5.74) is 6.66. The molecule has 0 saturated heterocycles. The molecule has 1 fully saturated rings. The van der Waals surface area contributed by atoms with Gasteiger partial charge >= 0.3 is 0 Å². The Morgan fingerprint density at radius 3 is 2.57 bits per heavy atom. The smallest absolute Gasteiger partial charge is 0.165 e. The molecule has 1 saturated carbocycles. The van der Waals surface area contributed by atoms with Crippen LogP contribution in [0, 0.1) is 5.82 Å². The molecule has 2 rings (SSSR count). The molecule has 0 spiro atoms. The third-order valence-electron chi connectivity index (χ3n) is 2.97. The number of rotatable bonds is 2. The highest BCUT2D eigenvalue weighted by Crippen LogP contribution is 2.39. The van der Waals surface area contributed by atoms with Crippen molar-refractivity contribution in [3.8, 4) is 5.75 Å². The molecule has 14 heavy (non-hydrogen) atoms. The molecule has 0 aliphatic heterocycles. The van der Waals surface area contributed by atoms with Gasteiger partial charge in [-0.05, 0) is 37.0 Å². The van der Waals surface area contributed by atoms with Gasteiger partial charge in [-0.25, -0.2) is 4.39 Å². The number of hydrogen-bond donors (Lipinski definition) is 1. The summed E-state index contributed by atoms with van der Waals surface area (Å²) < 4.78 is 18.2. The van der Waals surface area contributed by atoms with Gasteiger partial charge in [-0.1, -0.05) is 6.07 Å². The van der Waals surface area contributed by atoms with Crippen LogP contribution in [0.1, 0.15) is 24.8 Å². The Bertz CT molecular complexity index is 347. The van der Waals surface area contributed by atoms with Crippen molar-refractivity contribution in [2.75, 3.05) is 7.11 Å². The normalized spacial score (nSPS) is 18.8. The Hall–Kier alpha value is -1.09. The molecule has 0 heterocycles. The van der Waals surface area contributed by atoms with Crippen molar-refractivity contribution in [1.29, 1.82) is 0 Å². The second kappa shape index (κ2) is 3.24. The van der Waals surface area contributed by atoms with E-state index in [0.29, 0.717) is 0 Å². The predicted molar refractivity (Wildman–Crippen MR) is 52.7 cm³/mol. The van der Waals surface area contributed by atoms with Crippen LogP contribution in [0.25, 0.3) is 0 Å². The van der Waals surface area contributed by atoms with Crippen molar-refractivity contribution in [1.82, 2.24) is 0 Å². The quantitative estimate of drug-likeness (QED) is 0.785. The second-order valence-electron chi connectivity index (χ2n) is 3.86. The van der Waals surface area contributed by atoms with E-state index in [-0.39, 0.29) is 17.1 Å². The van der Waals surface area contributed by atoms with Crippen molar-refractivity contribution in [3.63, 3.8) is 0 Å². The van der Waals surface area contributed by atoms with Gasteiger partial charge in [0.2, 0.25) is 0 Å². The molecule has 2 N–H and O–H groups in total. The zero-order chi connectivity index (χ0) is 10.2. The van der Waals surface area contributed by atoms with E-state index in [4.69, 9.17) is 10.5 Å². The van der Waals surface area contributed by atoms with E-state index in [1.54, 1.807) is 6.07 Å². The fraction of sp³-hybridized carbons (Fsp3) is 0.455. The van der Waals surface area contributed by atoms with Gasteiger partial charge in [0.05, 0.1) is 7.11 Å². The molecule has 76 valence electrons. The minimum absolute atomic E-state index is 0.275. The van der Waals surface area contributed by atoms with Gasteiger partial charge in [0, 0.05) is 5.54 Å². The minimum Gasteiger partial charge on any atom is -0.494 e. The summed E-state index contributed by atoms with van der Waals surface area (Å²) in [6.45, 7) is 0. The maximum atomic E-state index is 13.4. The Balaban J connectivity index is 2.32. The van der Waals surface area contributed by atoms with E-state index in [1.165, 1.54) is 13.2 Å². The van der Waals surface area contributed by atoms with Crippen molar-refractivity contribution in [3.05, 3.63) is 29.6 Å². The van der Waals surface area contributed by atoms with E-state index >= 15 is 0 Å². The van der Waals surface area contributed by atoms with Crippen LogP contribution in [0.3, 0.4) is 0 Å². The maximum Gasteiger partial charge on any atom is 0.165 e. The third-order valence-corrected chi connectivity index (χ3v) is 2.97. The largest absolute Gasteiger partial charge is 0.494 e. The molecular weight excluding hydrogens is 181 g/mol. The molecule has 3 heteroatoms. The fourth-order valence-electron chi connectivity index (χ4n) is 1.82. The van der Waals surface area contributed by atoms with Gasteiger partial charge in [-0.15, -0.1) is 0 Å². The molecule has 1 aliphatic carbocycles. The number of benzene rings is 1. The van der Waals surface area contributed by atoms with Crippen molar-refractivity contribution in [2.45, 2.75) is 24.8 Å². The molecule has 0 aromatic heterocycles. The zero-order valence-electron chi connectivity index (χ0n) is 8.22. The van der Waals surface area contributed by atoms with E-state index in [2.05, 4.69) is 0 Å². The Kier molecular flexibility index (Phi) is 2.19. The lowest BCUT2D eigenvalue weighted by Gasteiger charge is -2.38. The van der Waals surface area contributed by atoms with Crippen LogP contribution in [-0.2, 0) is 5.54 Å². The highest BCUT2D eigenvalue weighted by atomic mass is 19.1. The van der Waals surface area contributed by atoms with Gasteiger partial charge in [0.25, 0.3) is 0 Å². The zero-order valence-corrected chi connectivity index (χ0v) is 8.22. The summed E-state index contributed by atoms with van der Waals surface area (Å²) in [5, 5.41) is 0. The number of nitrogens with two attached hydrogens (primary N) is 1. The Morgan fingerprint density at radius 1 is 1.43 bits per heavy atom. The number of hydrogen-bond acceptors (Lipinski definition) is 2. The molecule has 2 nitrogen and oxygen atoms in total. The van der Waals surface area contributed by atoms with Gasteiger partial charge in [-0.2, -0.15) is 0 Å². The summed E-state index contributed by atoms with van der Waals surface area (Å²) in [6, 6.07) is 4.97. The van der Waals surface area contributed by atoms with E-state index in [9.17, 15) is 4.39 Å². The first kappa shape index (κ1) is 9.46. The van der Waals surface area contributed by atoms with Gasteiger partial charge in [-0.3, -0.25) is 0 Å². The lowest BCUT2D eigenvalue weighted by atomic mass is 9.73. The Labute approximate surface area is 82.9 Å². The number of methoxy groups -OCH3 is 1.